The van der Waals surface area contributed by atoms with Gasteiger partial charge in [0.15, 0.2) is 5.76 Å². The van der Waals surface area contributed by atoms with Gasteiger partial charge >= 0.3 is 0 Å². The predicted molar refractivity (Wildman–Crippen MR) is 112 cm³/mol. The molecule has 0 aliphatic rings. The fourth-order valence-corrected chi connectivity index (χ4v) is 3.03. The number of nitrogens with zero attached hydrogens (tertiary/aromatic N) is 1. The standard InChI is InChI=1S/C23H24N2O5/c1-25(23(27)20-5-4-14-30-20)15-21(26)24-22(16-6-10-18(28-2)11-7-16)17-8-12-19(29-3)13-9-17/h4-14,22H,15H2,1-3H3,(H,24,26). The molecule has 0 fully saturated rings. The Balaban J connectivity index is 1.78. The number of hydrogen-bond acceptors (Lipinski definition) is 5. The largest absolute Gasteiger partial charge is 0.497 e. The second-order valence-corrected chi connectivity index (χ2v) is 6.69. The molecule has 1 heterocycles. The van der Waals surface area contributed by atoms with Crippen molar-refractivity contribution in [1.82, 2.24) is 10.2 Å². The minimum atomic E-state index is -0.401. The molecule has 0 aliphatic heterocycles. The molecule has 2 aromatic carbocycles. The zero-order valence-electron chi connectivity index (χ0n) is 17.1. The molecule has 7 heteroatoms. The summed E-state index contributed by atoms with van der Waals surface area (Å²) < 4.78 is 15.6. The Morgan fingerprint density at radius 1 is 0.933 bits per heavy atom. The van der Waals surface area contributed by atoms with Gasteiger partial charge in [0.25, 0.3) is 5.91 Å². The fraction of sp³-hybridized carbons (Fsp3) is 0.217. The summed E-state index contributed by atoms with van der Waals surface area (Å²) in [6.45, 7) is -0.109. The van der Waals surface area contributed by atoms with Crippen molar-refractivity contribution >= 4 is 11.8 Å². The molecule has 0 saturated carbocycles. The van der Waals surface area contributed by atoms with Crippen molar-refractivity contribution in [2.75, 3.05) is 27.8 Å². The summed E-state index contributed by atoms with van der Waals surface area (Å²) in [5, 5.41) is 3.01. The van der Waals surface area contributed by atoms with Crippen LogP contribution < -0.4 is 14.8 Å². The number of benzene rings is 2. The predicted octanol–water partition coefficient (Wildman–Crippen LogP) is 3.27. The van der Waals surface area contributed by atoms with Gasteiger partial charge in [-0.3, -0.25) is 9.59 Å². The maximum Gasteiger partial charge on any atom is 0.289 e. The molecule has 0 radical (unpaired) electrons. The van der Waals surface area contributed by atoms with Crippen LogP contribution in [0, 0.1) is 0 Å². The Bertz CT molecular complexity index is 918. The molecule has 3 aromatic rings. The van der Waals surface area contributed by atoms with Gasteiger partial charge in [-0.05, 0) is 47.5 Å². The maximum atomic E-state index is 12.7. The van der Waals surface area contributed by atoms with Gasteiger partial charge < -0.3 is 24.1 Å². The van der Waals surface area contributed by atoms with Crippen molar-refractivity contribution in [1.29, 1.82) is 0 Å². The van der Waals surface area contributed by atoms with Crippen molar-refractivity contribution in [3.63, 3.8) is 0 Å². The van der Waals surface area contributed by atoms with E-state index in [2.05, 4.69) is 5.32 Å². The van der Waals surface area contributed by atoms with E-state index in [-0.39, 0.29) is 24.1 Å². The second kappa shape index (κ2) is 9.65. The van der Waals surface area contributed by atoms with E-state index in [0.717, 1.165) is 22.6 Å². The van der Waals surface area contributed by atoms with Crippen molar-refractivity contribution < 1.29 is 23.5 Å². The topological polar surface area (TPSA) is 81.0 Å². The van der Waals surface area contributed by atoms with E-state index < -0.39 is 6.04 Å². The van der Waals surface area contributed by atoms with Gasteiger partial charge in [-0.15, -0.1) is 0 Å². The summed E-state index contributed by atoms with van der Waals surface area (Å²) in [5.74, 6) is 0.978. The lowest BCUT2D eigenvalue weighted by Gasteiger charge is -2.22. The summed E-state index contributed by atoms with van der Waals surface area (Å²) in [6.07, 6.45) is 1.42. The van der Waals surface area contributed by atoms with Crippen LogP contribution in [0.3, 0.4) is 0 Å². The highest BCUT2D eigenvalue weighted by Crippen LogP contribution is 2.26. The summed E-state index contributed by atoms with van der Waals surface area (Å²) in [5.41, 5.74) is 1.77. The second-order valence-electron chi connectivity index (χ2n) is 6.69. The molecule has 30 heavy (non-hydrogen) atoms. The molecule has 7 nitrogen and oxygen atoms in total. The molecular weight excluding hydrogens is 384 g/mol. The molecule has 156 valence electrons. The van der Waals surface area contributed by atoms with Crippen LogP contribution in [-0.4, -0.2) is 44.5 Å². The van der Waals surface area contributed by atoms with Crippen LogP contribution in [0.25, 0.3) is 0 Å². The highest BCUT2D eigenvalue weighted by molar-refractivity contribution is 5.94. The minimum Gasteiger partial charge on any atom is -0.497 e. The third kappa shape index (κ3) is 5.00. The van der Waals surface area contributed by atoms with Crippen LogP contribution in [0.15, 0.2) is 71.3 Å². The average Bonchev–Trinajstić information content (AvgIpc) is 3.32. The Kier molecular flexibility index (Phi) is 6.75. The summed E-state index contributed by atoms with van der Waals surface area (Å²) in [7, 11) is 4.76. The molecule has 1 N–H and O–H groups in total. The molecule has 1 aromatic heterocycles. The summed E-state index contributed by atoms with van der Waals surface area (Å²) in [4.78, 5) is 26.4. The number of likely N-dealkylation sites (N-methyl/N-ethyl adjacent to an activating group) is 1. The third-order valence-electron chi connectivity index (χ3n) is 4.66. The number of rotatable bonds is 8. The number of methoxy groups -OCH3 is 2. The van der Waals surface area contributed by atoms with E-state index in [1.165, 1.54) is 11.2 Å². The molecular formula is C23H24N2O5. The molecule has 0 saturated heterocycles. The van der Waals surface area contributed by atoms with Crippen molar-refractivity contribution in [2.24, 2.45) is 0 Å². The number of nitrogens with one attached hydrogen (secondary N) is 1. The molecule has 3 rings (SSSR count). The van der Waals surface area contributed by atoms with Gasteiger partial charge in [-0.2, -0.15) is 0 Å². The molecule has 0 bridgehead atoms. The first-order chi connectivity index (χ1) is 14.5. The highest BCUT2D eigenvalue weighted by Gasteiger charge is 2.21. The Morgan fingerprint density at radius 3 is 1.90 bits per heavy atom. The van der Waals surface area contributed by atoms with Crippen LogP contribution in [0.4, 0.5) is 0 Å². The molecule has 2 amide bonds. The quantitative estimate of drug-likeness (QED) is 0.619. The monoisotopic (exact) mass is 408 g/mol. The van der Waals surface area contributed by atoms with Crippen LogP contribution in [-0.2, 0) is 4.79 Å². The Morgan fingerprint density at radius 2 is 1.47 bits per heavy atom. The van der Waals surface area contributed by atoms with Gasteiger partial charge in [0.1, 0.15) is 11.5 Å². The number of hydrogen-bond donors (Lipinski definition) is 1. The number of amides is 2. The van der Waals surface area contributed by atoms with Crippen molar-refractivity contribution in [2.45, 2.75) is 6.04 Å². The van der Waals surface area contributed by atoms with Crippen LogP contribution in [0.5, 0.6) is 11.5 Å². The van der Waals surface area contributed by atoms with Crippen molar-refractivity contribution in [3.8, 4) is 11.5 Å². The van der Waals surface area contributed by atoms with Gasteiger partial charge in [0, 0.05) is 7.05 Å². The van der Waals surface area contributed by atoms with Crippen LogP contribution >= 0.6 is 0 Å². The lowest BCUT2D eigenvalue weighted by Crippen LogP contribution is -2.40. The zero-order chi connectivity index (χ0) is 21.5. The van der Waals surface area contributed by atoms with E-state index in [1.54, 1.807) is 33.4 Å². The number of carbonyl (C=O) groups is 2. The van der Waals surface area contributed by atoms with Gasteiger partial charge in [0.05, 0.1) is 33.1 Å². The fourth-order valence-electron chi connectivity index (χ4n) is 3.03. The Hall–Kier alpha value is -3.74. The first-order valence-electron chi connectivity index (χ1n) is 9.38. The molecule has 0 unspecified atom stereocenters. The normalized spacial score (nSPS) is 10.5. The Labute approximate surface area is 175 Å². The van der Waals surface area contributed by atoms with Crippen molar-refractivity contribution in [3.05, 3.63) is 83.8 Å². The summed E-state index contributed by atoms with van der Waals surface area (Å²) >= 11 is 0. The smallest absolute Gasteiger partial charge is 0.289 e. The lowest BCUT2D eigenvalue weighted by atomic mass is 9.98. The first kappa shape index (κ1) is 21.0. The van der Waals surface area contributed by atoms with E-state index in [1.807, 2.05) is 48.5 Å². The first-order valence-corrected chi connectivity index (χ1v) is 9.38. The van der Waals surface area contributed by atoms with Crippen LogP contribution in [0.1, 0.15) is 27.7 Å². The van der Waals surface area contributed by atoms with Gasteiger partial charge in [-0.1, -0.05) is 24.3 Å². The van der Waals surface area contributed by atoms with E-state index in [4.69, 9.17) is 13.9 Å². The molecule has 0 aliphatic carbocycles. The van der Waals surface area contributed by atoms with Crippen LogP contribution in [0.2, 0.25) is 0 Å². The zero-order valence-corrected chi connectivity index (χ0v) is 17.1. The molecule has 0 atom stereocenters. The SMILES string of the molecule is COc1ccc(C(NC(=O)CN(C)C(=O)c2ccco2)c2ccc(OC)cc2)cc1. The van der Waals surface area contributed by atoms with E-state index in [9.17, 15) is 9.59 Å². The van der Waals surface area contributed by atoms with Gasteiger partial charge in [0.2, 0.25) is 5.91 Å². The highest BCUT2D eigenvalue weighted by atomic mass is 16.5. The number of carbonyl (C=O) groups excluding carboxylic acids is 2. The van der Waals surface area contributed by atoms with E-state index >= 15 is 0 Å². The lowest BCUT2D eigenvalue weighted by molar-refractivity contribution is -0.122. The summed E-state index contributed by atoms with van der Waals surface area (Å²) in [6, 6.07) is 17.7. The van der Waals surface area contributed by atoms with Gasteiger partial charge in [-0.25, -0.2) is 0 Å². The maximum absolute atomic E-state index is 12.7. The molecule has 0 spiro atoms. The minimum absolute atomic E-state index is 0.109. The number of furan rings is 1. The third-order valence-corrected chi connectivity index (χ3v) is 4.66. The number of ether oxygens (including phenoxy) is 2. The average molecular weight is 408 g/mol. The van der Waals surface area contributed by atoms with E-state index in [0.29, 0.717) is 0 Å².